The summed E-state index contributed by atoms with van der Waals surface area (Å²) in [5.41, 5.74) is 10.7. The highest BCUT2D eigenvalue weighted by atomic mass is 19.1. The van der Waals surface area contributed by atoms with Crippen LogP contribution in [-0.4, -0.2) is 43.8 Å². The average molecular weight is 478 g/mol. The Morgan fingerprint density at radius 2 is 1.77 bits per heavy atom. The molecule has 3 aromatic rings. The van der Waals surface area contributed by atoms with Crippen LogP contribution in [0.3, 0.4) is 0 Å². The lowest BCUT2D eigenvalue weighted by Gasteiger charge is -2.29. The second-order valence-electron chi connectivity index (χ2n) is 9.05. The predicted octanol–water partition coefficient (Wildman–Crippen LogP) is 4.53. The molecule has 7 heteroatoms. The van der Waals surface area contributed by atoms with Crippen LogP contribution in [0.1, 0.15) is 30.5 Å². The Hall–Kier alpha value is -3.13. The number of hydrogen-bond donors (Lipinski definition) is 1. The van der Waals surface area contributed by atoms with Crippen molar-refractivity contribution in [2.45, 2.75) is 38.0 Å². The van der Waals surface area contributed by atoms with Gasteiger partial charge in [0, 0.05) is 50.5 Å². The molecule has 0 aliphatic heterocycles. The van der Waals surface area contributed by atoms with E-state index in [0.29, 0.717) is 25.3 Å². The highest BCUT2D eigenvalue weighted by molar-refractivity contribution is 5.97. The molecular formula is C28H32FN3O3. The minimum Gasteiger partial charge on any atom is -0.380 e. The van der Waals surface area contributed by atoms with Crippen molar-refractivity contribution in [3.8, 4) is 11.1 Å². The van der Waals surface area contributed by atoms with E-state index in [1.54, 1.807) is 31.4 Å². The van der Waals surface area contributed by atoms with Crippen LogP contribution in [0.5, 0.6) is 0 Å². The second-order valence-corrected chi connectivity index (χ2v) is 9.05. The summed E-state index contributed by atoms with van der Waals surface area (Å²) in [5.74, 6) is -0.981. The summed E-state index contributed by atoms with van der Waals surface area (Å²) < 4.78 is 24.8. The van der Waals surface area contributed by atoms with E-state index in [9.17, 15) is 9.18 Å². The van der Waals surface area contributed by atoms with Crippen molar-refractivity contribution in [1.29, 1.82) is 0 Å². The predicted molar refractivity (Wildman–Crippen MR) is 134 cm³/mol. The number of amides is 1. The van der Waals surface area contributed by atoms with Crippen molar-refractivity contribution >= 4 is 11.6 Å². The Kier molecular flexibility index (Phi) is 7.90. The van der Waals surface area contributed by atoms with Crippen molar-refractivity contribution in [1.82, 2.24) is 4.98 Å². The molecule has 6 nitrogen and oxygen atoms in total. The van der Waals surface area contributed by atoms with Crippen molar-refractivity contribution in [2.24, 2.45) is 11.7 Å². The number of hydrogen-bond acceptors (Lipinski definition) is 5. The lowest BCUT2D eigenvalue weighted by atomic mass is 10.0. The smallest absolute Gasteiger partial charge is 0.230 e. The van der Waals surface area contributed by atoms with Gasteiger partial charge >= 0.3 is 0 Å². The van der Waals surface area contributed by atoms with E-state index >= 15 is 0 Å². The van der Waals surface area contributed by atoms with Crippen LogP contribution >= 0.6 is 0 Å². The number of methoxy groups -OCH3 is 2. The fraction of sp³-hybridized carbons (Fsp3) is 0.357. The van der Waals surface area contributed by atoms with Gasteiger partial charge in [-0.2, -0.15) is 0 Å². The van der Waals surface area contributed by atoms with Gasteiger partial charge in [-0.3, -0.25) is 9.78 Å². The van der Waals surface area contributed by atoms with Crippen molar-refractivity contribution in [2.75, 3.05) is 25.7 Å². The molecule has 2 aromatic carbocycles. The second kappa shape index (κ2) is 11.1. The minimum atomic E-state index is -0.374. The molecule has 1 fully saturated rings. The zero-order valence-corrected chi connectivity index (χ0v) is 20.4. The van der Waals surface area contributed by atoms with Gasteiger partial charge in [-0.1, -0.05) is 36.4 Å². The third-order valence-corrected chi connectivity index (χ3v) is 6.66. The molecule has 0 radical (unpaired) electrons. The molecule has 1 aliphatic rings. The summed E-state index contributed by atoms with van der Waals surface area (Å²) in [6, 6.07) is 18.6. The van der Waals surface area contributed by atoms with Gasteiger partial charge in [0.05, 0.1) is 18.4 Å². The zero-order chi connectivity index (χ0) is 24.9. The van der Waals surface area contributed by atoms with E-state index in [2.05, 4.69) is 17.1 Å². The SMILES string of the molecule is COCc1ccc(-c2ccc(N(C[C@@H](N)[C@@H](C)OC)C(=O)[C@@H]3C[C@H]3c3ncccc3F)cc2)cc1. The number of pyridine rings is 1. The third kappa shape index (κ3) is 5.75. The third-order valence-electron chi connectivity index (χ3n) is 6.66. The van der Waals surface area contributed by atoms with Crippen LogP contribution in [0.15, 0.2) is 66.9 Å². The van der Waals surface area contributed by atoms with E-state index in [1.807, 2.05) is 43.3 Å². The summed E-state index contributed by atoms with van der Waals surface area (Å²) in [5, 5.41) is 0. The zero-order valence-electron chi connectivity index (χ0n) is 20.4. The maximum atomic E-state index is 14.2. The van der Waals surface area contributed by atoms with Gasteiger partial charge < -0.3 is 20.1 Å². The molecule has 0 spiro atoms. The number of nitrogens with zero attached hydrogens (tertiary/aromatic N) is 2. The molecule has 1 amide bonds. The molecule has 0 unspecified atom stereocenters. The molecule has 184 valence electrons. The fourth-order valence-electron chi connectivity index (χ4n) is 4.29. The van der Waals surface area contributed by atoms with E-state index in [0.717, 1.165) is 22.4 Å². The normalized spacial score (nSPS) is 18.7. The summed E-state index contributed by atoms with van der Waals surface area (Å²) in [4.78, 5) is 19.4. The van der Waals surface area contributed by atoms with Crippen LogP contribution < -0.4 is 10.6 Å². The minimum absolute atomic E-state index is 0.0736. The van der Waals surface area contributed by atoms with Gasteiger partial charge in [-0.05, 0) is 54.3 Å². The molecule has 1 saturated carbocycles. The number of carbonyl (C=O) groups is 1. The van der Waals surface area contributed by atoms with E-state index in [1.165, 1.54) is 6.07 Å². The molecule has 1 heterocycles. The molecular weight excluding hydrogens is 445 g/mol. The standard InChI is InChI=1S/C28H32FN3O3/c1-18(35-3)26(30)16-32(28(33)24-15-23(24)27-25(29)5-4-14-31-27)22-12-10-21(11-13-22)20-8-6-19(7-9-20)17-34-2/h4-14,18,23-24,26H,15-17,30H2,1-3H3/t18-,23-,24-,26-/m1/s1. The highest BCUT2D eigenvalue weighted by Gasteiger charge is 2.48. The van der Waals surface area contributed by atoms with Crippen LogP contribution in [0.25, 0.3) is 11.1 Å². The number of rotatable bonds is 10. The van der Waals surface area contributed by atoms with E-state index < -0.39 is 0 Å². The topological polar surface area (TPSA) is 77.7 Å². The maximum Gasteiger partial charge on any atom is 0.230 e. The maximum absolute atomic E-state index is 14.2. The van der Waals surface area contributed by atoms with Gasteiger partial charge in [0.15, 0.2) is 0 Å². The Morgan fingerprint density at radius 3 is 2.37 bits per heavy atom. The first-order valence-electron chi connectivity index (χ1n) is 11.8. The number of ether oxygens (including phenoxy) is 2. The lowest BCUT2D eigenvalue weighted by molar-refractivity contribution is -0.120. The van der Waals surface area contributed by atoms with Gasteiger partial charge in [0.25, 0.3) is 0 Å². The Balaban J connectivity index is 1.55. The van der Waals surface area contributed by atoms with Crippen LogP contribution in [0.2, 0.25) is 0 Å². The molecule has 1 aliphatic carbocycles. The number of nitrogens with two attached hydrogens (primary N) is 1. The average Bonchev–Trinajstić information content (AvgIpc) is 3.68. The van der Waals surface area contributed by atoms with Crippen LogP contribution in [0.4, 0.5) is 10.1 Å². The molecule has 35 heavy (non-hydrogen) atoms. The first kappa shape index (κ1) is 25.0. The Labute approximate surface area is 205 Å². The van der Waals surface area contributed by atoms with Gasteiger partial charge in [0.1, 0.15) is 5.82 Å². The number of aromatic nitrogens is 1. The number of benzene rings is 2. The molecule has 0 bridgehead atoms. The van der Waals surface area contributed by atoms with Crippen molar-refractivity contribution in [3.63, 3.8) is 0 Å². The van der Waals surface area contributed by atoms with Crippen LogP contribution in [-0.2, 0) is 20.9 Å². The van der Waals surface area contributed by atoms with Crippen molar-refractivity contribution < 1.29 is 18.7 Å². The van der Waals surface area contributed by atoms with Gasteiger partial charge in [-0.25, -0.2) is 4.39 Å². The first-order chi connectivity index (χ1) is 16.9. The van der Waals surface area contributed by atoms with E-state index in [-0.39, 0.29) is 35.7 Å². The molecule has 4 rings (SSSR count). The van der Waals surface area contributed by atoms with E-state index in [4.69, 9.17) is 15.2 Å². The monoisotopic (exact) mass is 477 g/mol. The molecule has 0 saturated heterocycles. The molecule has 4 atom stereocenters. The van der Waals surface area contributed by atoms with Crippen LogP contribution in [0, 0.1) is 11.7 Å². The summed E-state index contributed by atoms with van der Waals surface area (Å²) >= 11 is 0. The largest absolute Gasteiger partial charge is 0.380 e. The first-order valence-corrected chi connectivity index (χ1v) is 11.8. The lowest BCUT2D eigenvalue weighted by Crippen LogP contribution is -2.47. The van der Waals surface area contributed by atoms with Crippen molar-refractivity contribution in [3.05, 3.63) is 83.9 Å². The Morgan fingerprint density at radius 1 is 1.11 bits per heavy atom. The van der Waals surface area contributed by atoms with Gasteiger partial charge in [0.2, 0.25) is 5.91 Å². The van der Waals surface area contributed by atoms with Gasteiger partial charge in [-0.15, -0.1) is 0 Å². The molecule has 1 aromatic heterocycles. The summed E-state index contributed by atoms with van der Waals surface area (Å²) in [6.45, 7) is 2.75. The highest BCUT2D eigenvalue weighted by Crippen LogP contribution is 2.49. The number of anilines is 1. The fourth-order valence-corrected chi connectivity index (χ4v) is 4.29. The summed E-state index contributed by atoms with van der Waals surface area (Å²) in [6.07, 6.45) is 1.91. The summed E-state index contributed by atoms with van der Waals surface area (Å²) in [7, 11) is 3.28. The molecule has 2 N–H and O–H groups in total. The Bertz CT molecular complexity index is 1140. The number of halogens is 1. The quantitative estimate of drug-likeness (QED) is 0.464. The number of carbonyl (C=O) groups excluding carboxylic acids is 1.